The van der Waals surface area contributed by atoms with Gasteiger partial charge in [-0.3, -0.25) is 9.59 Å². The highest BCUT2D eigenvalue weighted by molar-refractivity contribution is 6.04. The third-order valence-corrected chi connectivity index (χ3v) is 7.05. The van der Waals surface area contributed by atoms with Crippen molar-refractivity contribution < 1.29 is 23.9 Å². The zero-order valence-electron chi connectivity index (χ0n) is 21.2. The maximum absolute atomic E-state index is 13.7. The summed E-state index contributed by atoms with van der Waals surface area (Å²) in [4.78, 5) is 30.3. The lowest BCUT2D eigenvalue weighted by atomic mass is 10.1. The van der Waals surface area contributed by atoms with E-state index in [1.54, 1.807) is 42.5 Å². The number of carbonyl (C=O) groups is 1. The van der Waals surface area contributed by atoms with Crippen molar-refractivity contribution in [3.63, 3.8) is 0 Å². The summed E-state index contributed by atoms with van der Waals surface area (Å²) in [5.74, 6) is 2.12. The largest absolute Gasteiger partial charge is 0.494 e. The van der Waals surface area contributed by atoms with E-state index in [0.717, 1.165) is 31.1 Å². The number of nitrogens with zero attached hydrogens (tertiary/aromatic N) is 3. The molecule has 0 aliphatic carbocycles. The Bertz CT molecular complexity index is 1540. The lowest BCUT2D eigenvalue weighted by Crippen LogP contribution is -3.13. The van der Waals surface area contributed by atoms with E-state index in [1.807, 2.05) is 30.0 Å². The molecule has 9 heteroatoms. The number of hydrogen-bond acceptors (Lipinski definition) is 6. The Kier molecular flexibility index (Phi) is 6.43. The smallest absolute Gasteiger partial charge is 0.279 e. The number of hydrogen-bond donors (Lipinski definition) is 1. The summed E-state index contributed by atoms with van der Waals surface area (Å²) in [7, 11) is 0. The van der Waals surface area contributed by atoms with E-state index >= 15 is 0 Å². The molecular formula is C29H29N4O5+. The van der Waals surface area contributed by atoms with Crippen molar-refractivity contribution in [2.75, 3.05) is 39.6 Å². The Morgan fingerprint density at radius 2 is 1.71 bits per heavy atom. The summed E-state index contributed by atoms with van der Waals surface area (Å²) in [6.45, 7) is 6.43. The van der Waals surface area contributed by atoms with Gasteiger partial charge >= 0.3 is 0 Å². The zero-order valence-corrected chi connectivity index (χ0v) is 21.2. The van der Waals surface area contributed by atoms with Crippen LogP contribution in [-0.2, 0) is 6.54 Å². The number of aromatic nitrogens is 2. The average Bonchev–Trinajstić information content (AvgIpc) is 3.42. The second-order valence-electron chi connectivity index (χ2n) is 9.44. The number of fused-ring (bicyclic) bond motifs is 2. The van der Waals surface area contributed by atoms with Crippen LogP contribution in [-0.4, -0.2) is 60.2 Å². The molecule has 0 radical (unpaired) electrons. The van der Waals surface area contributed by atoms with Crippen LogP contribution in [0.15, 0.2) is 71.5 Å². The van der Waals surface area contributed by atoms with Crippen LogP contribution in [0.2, 0.25) is 0 Å². The molecule has 38 heavy (non-hydrogen) atoms. The van der Waals surface area contributed by atoms with Gasteiger partial charge in [-0.25, -0.2) is 0 Å². The summed E-state index contributed by atoms with van der Waals surface area (Å²) in [5, 5.41) is 5.61. The molecule has 9 nitrogen and oxygen atoms in total. The lowest BCUT2D eigenvalue weighted by Gasteiger charge is -2.32. The molecule has 0 atom stereocenters. The van der Waals surface area contributed by atoms with E-state index in [9.17, 15) is 9.59 Å². The maximum atomic E-state index is 13.7. The second kappa shape index (κ2) is 10.2. The van der Waals surface area contributed by atoms with Crippen molar-refractivity contribution >= 4 is 16.7 Å². The third kappa shape index (κ3) is 4.56. The maximum Gasteiger partial charge on any atom is 0.279 e. The topological polar surface area (TPSA) is 87.3 Å². The Hall–Kier alpha value is -4.37. The summed E-state index contributed by atoms with van der Waals surface area (Å²) in [5.41, 5.74) is 1.78. The standard InChI is InChI=1S/C29H28N4O5/c1-2-36-22-10-8-21(9-11-22)33-28(34)24-6-4-3-5-23(24)27(30-33)29(35)32-15-13-31(14-16-32)18-20-7-12-25-26(17-20)38-19-37-25/h3-12,17H,2,13-16,18-19H2,1H3/p+1. The monoisotopic (exact) mass is 513 g/mol. The first-order chi connectivity index (χ1) is 18.6. The number of quaternary nitrogens is 1. The average molecular weight is 514 g/mol. The van der Waals surface area contributed by atoms with E-state index in [0.29, 0.717) is 41.9 Å². The van der Waals surface area contributed by atoms with Crippen molar-refractivity contribution in [2.24, 2.45) is 0 Å². The van der Waals surface area contributed by atoms with Gasteiger partial charge in [0.05, 0.1) is 43.9 Å². The first kappa shape index (κ1) is 24.0. The molecule has 3 heterocycles. The summed E-state index contributed by atoms with van der Waals surface area (Å²) in [6.07, 6.45) is 0. The first-order valence-corrected chi connectivity index (χ1v) is 12.9. The Labute approximate surface area is 219 Å². The quantitative estimate of drug-likeness (QED) is 0.425. The fraction of sp³-hybridized carbons (Fsp3) is 0.276. The summed E-state index contributed by atoms with van der Waals surface area (Å²) >= 11 is 0. The molecule has 1 amide bonds. The van der Waals surface area contributed by atoms with Gasteiger partial charge in [0.25, 0.3) is 11.5 Å². The van der Waals surface area contributed by atoms with E-state index in [-0.39, 0.29) is 24.0 Å². The van der Waals surface area contributed by atoms with Crippen LogP contribution in [0.5, 0.6) is 17.2 Å². The SMILES string of the molecule is CCOc1ccc(-n2nc(C(=O)N3CC[NH+](Cc4ccc5c(c4)OCO5)CC3)c3ccccc3c2=O)cc1. The normalized spacial score (nSPS) is 15.1. The molecule has 0 unspecified atom stereocenters. The Morgan fingerprint density at radius 3 is 2.47 bits per heavy atom. The molecular weight excluding hydrogens is 484 g/mol. The molecule has 194 valence electrons. The molecule has 3 aromatic carbocycles. The highest BCUT2D eigenvalue weighted by Crippen LogP contribution is 2.32. The van der Waals surface area contributed by atoms with Gasteiger partial charge in [-0.1, -0.05) is 18.2 Å². The fourth-order valence-corrected chi connectivity index (χ4v) is 5.06. The predicted octanol–water partition coefficient (Wildman–Crippen LogP) is 2.05. The van der Waals surface area contributed by atoms with Gasteiger partial charge in [0.2, 0.25) is 6.79 Å². The van der Waals surface area contributed by atoms with Crippen LogP contribution in [0.4, 0.5) is 0 Å². The molecule has 1 saturated heterocycles. The van der Waals surface area contributed by atoms with Crippen LogP contribution in [0.1, 0.15) is 23.0 Å². The number of piperazine rings is 1. The molecule has 0 spiro atoms. The summed E-state index contributed by atoms with van der Waals surface area (Å²) < 4.78 is 17.7. The van der Waals surface area contributed by atoms with Crippen molar-refractivity contribution in [3.8, 4) is 22.9 Å². The molecule has 1 fully saturated rings. The number of benzene rings is 3. The molecule has 0 saturated carbocycles. The number of ether oxygens (including phenoxy) is 3. The zero-order chi connectivity index (χ0) is 26.1. The number of carbonyl (C=O) groups excluding carboxylic acids is 1. The number of nitrogens with one attached hydrogen (secondary N) is 1. The van der Waals surface area contributed by atoms with Crippen LogP contribution in [0.3, 0.4) is 0 Å². The van der Waals surface area contributed by atoms with Gasteiger partial charge < -0.3 is 24.0 Å². The van der Waals surface area contributed by atoms with E-state index in [2.05, 4.69) is 11.2 Å². The highest BCUT2D eigenvalue weighted by atomic mass is 16.7. The van der Waals surface area contributed by atoms with Crippen LogP contribution in [0, 0.1) is 0 Å². The van der Waals surface area contributed by atoms with Crippen molar-refractivity contribution in [2.45, 2.75) is 13.5 Å². The minimum absolute atomic E-state index is 0.164. The molecule has 2 aliphatic heterocycles. The highest BCUT2D eigenvalue weighted by Gasteiger charge is 2.28. The van der Waals surface area contributed by atoms with Gasteiger partial charge in [-0.05, 0) is 55.5 Å². The molecule has 2 aliphatic rings. The number of rotatable bonds is 6. The van der Waals surface area contributed by atoms with Crippen molar-refractivity contribution in [1.82, 2.24) is 14.7 Å². The molecule has 1 aromatic heterocycles. The fourth-order valence-electron chi connectivity index (χ4n) is 5.06. The van der Waals surface area contributed by atoms with Crippen molar-refractivity contribution in [1.29, 1.82) is 0 Å². The predicted molar refractivity (Wildman–Crippen MR) is 141 cm³/mol. The lowest BCUT2D eigenvalue weighted by molar-refractivity contribution is -0.917. The molecule has 0 bridgehead atoms. The van der Waals surface area contributed by atoms with Gasteiger partial charge in [-0.15, -0.1) is 0 Å². The first-order valence-electron chi connectivity index (χ1n) is 12.9. The van der Waals surface area contributed by atoms with Crippen LogP contribution >= 0.6 is 0 Å². The van der Waals surface area contributed by atoms with E-state index in [4.69, 9.17) is 14.2 Å². The van der Waals surface area contributed by atoms with Gasteiger partial charge in [0.15, 0.2) is 17.2 Å². The molecule has 1 N–H and O–H groups in total. The molecule has 6 rings (SSSR count). The van der Waals surface area contributed by atoms with Gasteiger partial charge in [0.1, 0.15) is 12.3 Å². The van der Waals surface area contributed by atoms with E-state index < -0.39 is 0 Å². The third-order valence-electron chi connectivity index (χ3n) is 7.05. The number of amides is 1. The minimum atomic E-state index is -0.265. The van der Waals surface area contributed by atoms with Crippen LogP contribution < -0.4 is 24.7 Å². The second-order valence-corrected chi connectivity index (χ2v) is 9.44. The molecule has 4 aromatic rings. The van der Waals surface area contributed by atoms with Crippen molar-refractivity contribution in [3.05, 3.63) is 88.3 Å². The summed E-state index contributed by atoms with van der Waals surface area (Å²) in [6, 6.07) is 20.4. The minimum Gasteiger partial charge on any atom is -0.494 e. The Morgan fingerprint density at radius 1 is 0.974 bits per heavy atom. The van der Waals surface area contributed by atoms with Gasteiger partial charge in [0, 0.05) is 10.9 Å². The van der Waals surface area contributed by atoms with E-state index in [1.165, 1.54) is 15.1 Å². The Balaban J connectivity index is 1.23. The van der Waals surface area contributed by atoms with Gasteiger partial charge in [-0.2, -0.15) is 9.78 Å². The van der Waals surface area contributed by atoms with Crippen LogP contribution in [0.25, 0.3) is 16.5 Å².